The van der Waals surface area contributed by atoms with Gasteiger partial charge in [-0.15, -0.1) is 0 Å². The Balaban J connectivity index is 2.38. The van der Waals surface area contributed by atoms with Crippen molar-refractivity contribution in [1.29, 1.82) is 0 Å². The van der Waals surface area contributed by atoms with Crippen molar-refractivity contribution in [2.75, 3.05) is 19.3 Å². The van der Waals surface area contributed by atoms with Crippen LogP contribution in [0.5, 0.6) is 0 Å². The van der Waals surface area contributed by atoms with Crippen molar-refractivity contribution in [2.24, 2.45) is 0 Å². The fraction of sp³-hybridized carbons (Fsp3) is 0.562. The second kappa shape index (κ2) is 7.74. The van der Waals surface area contributed by atoms with Crippen LogP contribution in [0.2, 0.25) is 0 Å². The monoisotopic (exact) mass is 326 g/mol. The minimum absolute atomic E-state index is 0.102. The fourth-order valence-corrected chi connectivity index (χ4v) is 2.52. The van der Waals surface area contributed by atoms with Gasteiger partial charge in [0, 0.05) is 13.0 Å². The molecule has 1 amide bonds. The molecule has 0 bridgehead atoms. The maximum atomic E-state index is 11.7. The summed E-state index contributed by atoms with van der Waals surface area (Å²) in [6.07, 6.45) is 1.00. The number of rotatable bonds is 7. The standard InChI is InChI=1S/C16H26N2O3S/c1-16(2,3)14-8-5-13(6-9-14)7-10-15(19)18-11-12-22(20,21)17-4/h5-6,8-9,17H,7,10-12H2,1-4H3,(H,18,19). The minimum Gasteiger partial charge on any atom is -0.355 e. The van der Waals surface area contributed by atoms with Crippen molar-refractivity contribution in [3.05, 3.63) is 35.4 Å². The van der Waals surface area contributed by atoms with Crippen LogP contribution in [0, 0.1) is 0 Å². The van der Waals surface area contributed by atoms with Gasteiger partial charge in [-0.3, -0.25) is 4.79 Å². The van der Waals surface area contributed by atoms with E-state index in [4.69, 9.17) is 0 Å². The topological polar surface area (TPSA) is 75.3 Å². The predicted molar refractivity (Wildman–Crippen MR) is 89.3 cm³/mol. The maximum absolute atomic E-state index is 11.7. The van der Waals surface area contributed by atoms with Crippen LogP contribution in [0.25, 0.3) is 0 Å². The Labute approximate surface area is 133 Å². The number of hydrogen-bond donors (Lipinski definition) is 2. The van der Waals surface area contributed by atoms with Gasteiger partial charge in [0.15, 0.2) is 0 Å². The molecule has 1 aromatic carbocycles. The summed E-state index contributed by atoms with van der Waals surface area (Å²) < 4.78 is 24.6. The van der Waals surface area contributed by atoms with Gasteiger partial charge < -0.3 is 5.32 Å². The van der Waals surface area contributed by atoms with Gasteiger partial charge in [0.25, 0.3) is 0 Å². The molecule has 5 nitrogen and oxygen atoms in total. The zero-order valence-corrected chi connectivity index (χ0v) is 14.6. The third kappa shape index (κ3) is 6.58. The molecule has 2 N–H and O–H groups in total. The maximum Gasteiger partial charge on any atom is 0.220 e. The highest BCUT2D eigenvalue weighted by molar-refractivity contribution is 7.89. The van der Waals surface area contributed by atoms with E-state index in [0.29, 0.717) is 12.8 Å². The number of nitrogens with one attached hydrogen (secondary N) is 2. The number of amides is 1. The first kappa shape index (κ1) is 18.6. The summed E-state index contributed by atoms with van der Waals surface area (Å²) >= 11 is 0. The Morgan fingerprint density at radius 2 is 1.73 bits per heavy atom. The molecule has 0 atom stereocenters. The van der Waals surface area contributed by atoms with Crippen LogP contribution in [0.15, 0.2) is 24.3 Å². The van der Waals surface area contributed by atoms with Crippen LogP contribution < -0.4 is 10.0 Å². The van der Waals surface area contributed by atoms with Crippen molar-refractivity contribution in [3.63, 3.8) is 0 Å². The molecular formula is C16H26N2O3S. The molecule has 6 heteroatoms. The first-order valence-corrected chi connectivity index (χ1v) is 9.06. The number of carbonyl (C=O) groups is 1. The summed E-state index contributed by atoms with van der Waals surface area (Å²) in [5.74, 6) is -0.235. The van der Waals surface area contributed by atoms with Crippen LogP contribution in [0.1, 0.15) is 38.3 Å². The molecule has 0 aliphatic rings. The van der Waals surface area contributed by atoms with E-state index in [-0.39, 0.29) is 23.6 Å². The molecule has 0 saturated heterocycles. The highest BCUT2D eigenvalue weighted by Gasteiger charge is 2.13. The lowest BCUT2D eigenvalue weighted by Gasteiger charge is -2.19. The molecule has 1 rings (SSSR count). The Kier molecular flexibility index (Phi) is 6.56. The molecule has 1 aromatic rings. The normalized spacial score (nSPS) is 12.2. The van der Waals surface area contributed by atoms with Gasteiger partial charge >= 0.3 is 0 Å². The third-order valence-electron chi connectivity index (χ3n) is 3.46. The SMILES string of the molecule is CNS(=O)(=O)CCNC(=O)CCc1ccc(C(C)(C)C)cc1. The van der Waals surface area contributed by atoms with Gasteiger partial charge in [-0.25, -0.2) is 13.1 Å². The van der Waals surface area contributed by atoms with Crippen molar-refractivity contribution in [3.8, 4) is 0 Å². The Morgan fingerprint density at radius 3 is 2.23 bits per heavy atom. The molecule has 124 valence electrons. The van der Waals surface area contributed by atoms with Crippen LogP contribution in [0.4, 0.5) is 0 Å². The zero-order chi connectivity index (χ0) is 16.8. The lowest BCUT2D eigenvalue weighted by molar-refractivity contribution is -0.120. The van der Waals surface area contributed by atoms with E-state index in [1.807, 2.05) is 12.1 Å². The lowest BCUT2D eigenvalue weighted by Crippen LogP contribution is -2.33. The van der Waals surface area contributed by atoms with Gasteiger partial charge in [-0.05, 0) is 30.0 Å². The fourth-order valence-electron chi connectivity index (χ4n) is 1.94. The summed E-state index contributed by atoms with van der Waals surface area (Å²) in [5.41, 5.74) is 2.48. The summed E-state index contributed by atoms with van der Waals surface area (Å²) in [5, 5.41) is 2.62. The number of benzene rings is 1. The van der Waals surface area contributed by atoms with Gasteiger partial charge in [0.1, 0.15) is 0 Å². The second-order valence-corrected chi connectivity index (χ2v) is 8.37. The highest BCUT2D eigenvalue weighted by atomic mass is 32.2. The number of aryl methyl sites for hydroxylation is 1. The largest absolute Gasteiger partial charge is 0.355 e. The van der Waals surface area contributed by atoms with Crippen LogP contribution >= 0.6 is 0 Å². The molecule has 0 aliphatic heterocycles. The average molecular weight is 326 g/mol. The molecular weight excluding hydrogens is 300 g/mol. The van der Waals surface area contributed by atoms with Crippen molar-refractivity contribution < 1.29 is 13.2 Å². The lowest BCUT2D eigenvalue weighted by atomic mass is 9.86. The van der Waals surface area contributed by atoms with E-state index in [1.54, 1.807) is 0 Å². The van der Waals surface area contributed by atoms with E-state index in [9.17, 15) is 13.2 Å². The second-order valence-electron chi connectivity index (χ2n) is 6.32. The first-order chi connectivity index (χ1) is 10.1. The molecule has 0 saturated carbocycles. The van der Waals surface area contributed by atoms with Crippen molar-refractivity contribution in [1.82, 2.24) is 10.0 Å². The molecule has 0 aliphatic carbocycles. The molecule has 0 radical (unpaired) electrons. The van der Waals surface area contributed by atoms with Crippen molar-refractivity contribution in [2.45, 2.75) is 39.0 Å². The van der Waals surface area contributed by atoms with E-state index in [0.717, 1.165) is 5.56 Å². The summed E-state index contributed by atoms with van der Waals surface area (Å²) in [4.78, 5) is 11.7. The predicted octanol–water partition coefficient (Wildman–Crippen LogP) is 1.58. The van der Waals surface area contributed by atoms with Crippen LogP contribution in [-0.2, 0) is 26.7 Å². The summed E-state index contributed by atoms with van der Waals surface area (Å²) in [6, 6.07) is 8.26. The van der Waals surface area contributed by atoms with Gasteiger partial charge in [0.05, 0.1) is 5.75 Å². The smallest absolute Gasteiger partial charge is 0.220 e. The van der Waals surface area contributed by atoms with Crippen LogP contribution in [0.3, 0.4) is 0 Å². The quantitative estimate of drug-likeness (QED) is 0.799. The zero-order valence-electron chi connectivity index (χ0n) is 13.8. The Morgan fingerprint density at radius 1 is 1.14 bits per heavy atom. The molecule has 0 fully saturated rings. The van der Waals surface area contributed by atoms with Gasteiger partial charge in [0.2, 0.25) is 15.9 Å². The summed E-state index contributed by atoms with van der Waals surface area (Å²) in [6.45, 7) is 6.61. The molecule has 0 spiro atoms. The minimum atomic E-state index is -3.27. The molecule has 22 heavy (non-hydrogen) atoms. The van der Waals surface area contributed by atoms with E-state index < -0.39 is 10.0 Å². The Hall–Kier alpha value is -1.40. The van der Waals surface area contributed by atoms with E-state index >= 15 is 0 Å². The number of hydrogen-bond acceptors (Lipinski definition) is 3. The summed E-state index contributed by atoms with van der Waals surface area (Å²) in [7, 11) is -1.91. The highest BCUT2D eigenvalue weighted by Crippen LogP contribution is 2.22. The molecule has 0 aromatic heterocycles. The van der Waals surface area contributed by atoms with E-state index in [2.05, 4.69) is 42.9 Å². The van der Waals surface area contributed by atoms with Gasteiger partial charge in [-0.1, -0.05) is 45.0 Å². The van der Waals surface area contributed by atoms with E-state index in [1.165, 1.54) is 12.6 Å². The van der Waals surface area contributed by atoms with Crippen LogP contribution in [-0.4, -0.2) is 33.7 Å². The first-order valence-electron chi connectivity index (χ1n) is 7.41. The van der Waals surface area contributed by atoms with Gasteiger partial charge in [-0.2, -0.15) is 0 Å². The Bertz CT molecular complexity index is 587. The number of sulfonamides is 1. The average Bonchev–Trinajstić information content (AvgIpc) is 2.44. The molecule has 0 unspecified atom stereocenters. The van der Waals surface area contributed by atoms with Crippen molar-refractivity contribution >= 4 is 15.9 Å². The number of carbonyl (C=O) groups excluding carboxylic acids is 1. The third-order valence-corrected chi connectivity index (χ3v) is 4.83. The molecule has 0 heterocycles.